The Hall–Kier alpha value is -2.67. The Balaban J connectivity index is 2.10. The minimum atomic E-state index is -0.529. The number of carbonyl (C=O) groups is 2. The minimum Gasteiger partial charge on any atom is -0.468 e. The summed E-state index contributed by atoms with van der Waals surface area (Å²) in [7, 11) is 1.27. The van der Waals surface area contributed by atoms with Gasteiger partial charge in [0.05, 0.1) is 23.7 Å². The molecule has 0 radical (unpaired) electrons. The SMILES string of the molecule is COC(=O)CNC(=O)c1cccc2c(=O)c3ccccc3n(CCCCCCBr)c12. The van der Waals surface area contributed by atoms with Crippen LogP contribution in [0.25, 0.3) is 21.8 Å². The molecule has 0 fully saturated rings. The van der Waals surface area contributed by atoms with Crippen LogP contribution in [0.5, 0.6) is 0 Å². The summed E-state index contributed by atoms with van der Waals surface area (Å²) in [4.78, 5) is 37.4. The third kappa shape index (κ3) is 4.73. The lowest BCUT2D eigenvalue weighted by molar-refractivity contribution is -0.139. The molecule has 3 rings (SSSR count). The average Bonchev–Trinajstić information content (AvgIpc) is 2.78. The van der Waals surface area contributed by atoms with Gasteiger partial charge in [0.2, 0.25) is 0 Å². The smallest absolute Gasteiger partial charge is 0.325 e. The Morgan fingerprint density at radius 1 is 1.00 bits per heavy atom. The van der Waals surface area contributed by atoms with Crippen LogP contribution in [-0.2, 0) is 16.1 Å². The Kier molecular flexibility index (Phi) is 7.63. The van der Waals surface area contributed by atoms with Gasteiger partial charge in [-0.05, 0) is 37.1 Å². The molecule has 158 valence electrons. The van der Waals surface area contributed by atoms with Crippen LogP contribution in [0.1, 0.15) is 36.0 Å². The molecule has 0 saturated heterocycles. The molecule has 0 atom stereocenters. The summed E-state index contributed by atoms with van der Waals surface area (Å²) in [6, 6.07) is 12.6. The maximum Gasteiger partial charge on any atom is 0.325 e. The number of pyridine rings is 1. The Labute approximate surface area is 183 Å². The van der Waals surface area contributed by atoms with E-state index in [1.54, 1.807) is 18.2 Å². The highest BCUT2D eigenvalue weighted by Gasteiger charge is 2.18. The quantitative estimate of drug-likeness (QED) is 0.221. The van der Waals surface area contributed by atoms with Crippen molar-refractivity contribution in [2.24, 2.45) is 0 Å². The van der Waals surface area contributed by atoms with Crippen molar-refractivity contribution in [2.45, 2.75) is 32.2 Å². The fourth-order valence-corrected chi connectivity index (χ4v) is 4.03. The fraction of sp³-hybridized carbons (Fsp3) is 0.348. The summed E-state index contributed by atoms with van der Waals surface area (Å²) in [6.07, 6.45) is 4.23. The number of methoxy groups -OCH3 is 1. The molecule has 0 unspecified atom stereocenters. The van der Waals surface area contributed by atoms with E-state index in [9.17, 15) is 14.4 Å². The first-order valence-corrected chi connectivity index (χ1v) is 11.2. The topological polar surface area (TPSA) is 77.4 Å². The van der Waals surface area contributed by atoms with Crippen LogP contribution >= 0.6 is 15.9 Å². The number of nitrogens with zero attached hydrogens (tertiary/aromatic N) is 1. The number of ether oxygens (including phenoxy) is 1. The van der Waals surface area contributed by atoms with Crippen LogP contribution in [0, 0.1) is 0 Å². The van der Waals surface area contributed by atoms with Crippen LogP contribution < -0.4 is 10.7 Å². The van der Waals surface area contributed by atoms with Crippen molar-refractivity contribution in [3.63, 3.8) is 0 Å². The van der Waals surface area contributed by atoms with Crippen molar-refractivity contribution in [1.29, 1.82) is 0 Å². The lowest BCUT2D eigenvalue weighted by atomic mass is 10.0. The zero-order valence-electron chi connectivity index (χ0n) is 16.9. The van der Waals surface area contributed by atoms with E-state index >= 15 is 0 Å². The summed E-state index contributed by atoms with van der Waals surface area (Å²) in [5.41, 5.74) is 1.69. The maximum atomic E-state index is 13.1. The molecule has 0 spiro atoms. The second-order valence-corrected chi connectivity index (χ2v) is 7.85. The molecule has 1 N–H and O–H groups in total. The van der Waals surface area contributed by atoms with Crippen molar-refractivity contribution < 1.29 is 14.3 Å². The van der Waals surface area contributed by atoms with Gasteiger partial charge in [0.1, 0.15) is 6.54 Å². The van der Waals surface area contributed by atoms with Crippen molar-refractivity contribution in [3.05, 3.63) is 58.3 Å². The molecule has 1 heterocycles. The molecule has 0 aliphatic rings. The number of alkyl halides is 1. The lowest BCUT2D eigenvalue weighted by Gasteiger charge is -2.18. The van der Waals surface area contributed by atoms with Gasteiger partial charge < -0.3 is 14.6 Å². The van der Waals surface area contributed by atoms with Gasteiger partial charge in [-0.2, -0.15) is 0 Å². The van der Waals surface area contributed by atoms with E-state index < -0.39 is 11.9 Å². The zero-order chi connectivity index (χ0) is 21.5. The number of aromatic nitrogens is 1. The number of hydrogen-bond donors (Lipinski definition) is 1. The van der Waals surface area contributed by atoms with Crippen molar-refractivity contribution in [1.82, 2.24) is 9.88 Å². The Bertz CT molecular complexity index is 1120. The first kappa shape index (κ1) is 22.0. The summed E-state index contributed by atoms with van der Waals surface area (Å²) in [5, 5.41) is 4.71. The number of fused-ring (bicyclic) bond motifs is 2. The van der Waals surface area contributed by atoms with Crippen LogP contribution in [0.2, 0.25) is 0 Å². The van der Waals surface area contributed by atoms with E-state index in [2.05, 4.69) is 30.6 Å². The lowest BCUT2D eigenvalue weighted by Crippen LogP contribution is -2.31. The van der Waals surface area contributed by atoms with Crippen LogP contribution in [0.15, 0.2) is 47.3 Å². The molecule has 1 amide bonds. The predicted octanol–water partition coefficient (Wildman–Crippen LogP) is 4.01. The third-order valence-electron chi connectivity index (χ3n) is 5.12. The summed E-state index contributed by atoms with van der Waals surface area (Å²) in [5.74, 6) is -0.938. The summed E-state index contributed by atoms with van der Waals surface area (Å²) >= 11 is 3.46. The number of esters is 1. The largest absolute Gasteiger partial charge is 0.468 e. The zero-order valence-corrected chi connectivity index (χ0v) is 18.5. The molecule has 0 saturated carbocycles. The highest BCUT2D eigenvalue weighted by atomic mass is 79.9. The molecule has 3 aromatic rings. The molecular weight excluding hydrogens is 448 g/mol. The van der Waals surface area contributed by atoms with Gasteiger partial charge >= 0.3 is 5.97 Å². The van der Waals surface area contributed by atoms with Gasteiger partial charge in [0, 0.05) is 22.6 Å². The van der Waals surface area contributed by atoms with Crippen molar-refractivity contribution >= 4 is 49.6 Å². The second kappa shape index (κ2) is 10.4. The van der Waals surface area contributed by atoms with E-state index in [-0.39, 0.29) is 12.0 Å². The fourth-order valence-electron chi connectivity index (χ4n) is 3.64. The van der Waals surface area contributed by atoms with E-state index in [1.165, 1.54) is 7.11 Å². The molecule has 0 aliphatic carbocycles. The van der Waals surface area contributed by atoms with Gasteiger partial charge in [0.25, 0.3) is 5.91 Å². The van der Waals surface area contributed by atoms with E-state index in [0.717, 1.165) is 36.5 Å². The molecule has 1 aromatic heterocycles. The van der Waals surface area contributed by atoms with E-state index in [4.69, 9.17) is 0 Å². The number of unbranched alkanes of at least 4 members (excludes halogenated alkanes) is 3. The molecule has 2 aromatic carbocycles. The Morgan fingerprint density at radius 3 is 2.50 bits per heavy atom. The molecular formula is C23H25BrN2O4. The van der Waals surface area contributed by atoms with Gasteiger partial charge in [-0.3, -0.25) is 14.4 Å². The molecule has 7 heteroatoms. The normalized spacial score (nSPS) is 11.0. The number of halogens is 1. The standard InChI is InChI=1S/C23H25BrN2O4/c1-30-20(27)15-25-23(29)18-11-8-10-17-21(18)26(14-7-3-2-6-13-24)19-12-5-4-9-16(19)22(17)28/h4-5,8-12H,2-3,6-7,13-15H2,1H3,(H,25,29). The number of nitrogens with one attached hydrogen (secondary N) is 1. The molecule has 6 nitrogen and oxygen atoms in total. The van der Waals surface area contributed by atoms with Gasteiger partial charge in [-0.25, -0.2) is 0 Å². The van der Waals surface area contributed by atoms with Crippen LogP contribution in [-0.4, -0.2) is 35.4 Å². The molecule has 30 heavy (non-hydrogen) atoms. The first-order valence-electron chi connectivity index (χ1n) is 10.0. The number of benzene rings is 2. The maximum absolute atomic E-state index is 13.1. The number of amides is 1. The predicted molar refractivity (Wildman–Crippen MR) is 122 cm³/mol. The number of rotatable bonds is 9. The van der Waals surface area contributed by atoms with E-state index in [0.29, 0.717) is 28.4 Å². The Morgan fingerprint density at radius 2 is 1.73 bits per heavy atom. The third-order valence-corrected chi connectivity index (χ3v) is 5.68. The number of para-hydroxylation sites is 2. The number of aryl methyl sites for hydroxylation is 1. The number of hydrogen-bond acceptors (Lipinski definition) is 4. The summed E-state index contributed by atoms with van der Waals surface area (Å²) in [6.45, 7) is 0.469. The van der Waals surface area contributed by atoms with Crippen molar-refractivity contribution in [3.8, 4) is 0 Å². The average molecular weight is 473 g/mol. The summed E-state index contributed by atoms with van der Waals surface area (Å²) < 4.78 is 6.66. The molecule has 0 aliphatic heterocycles. The second-order valence-electron chi connectivity index (χ2n) is 7.06. The first-order chi connectivity index (χ1) is 14.6. The van der Waals surface area contributed by atoms with Gasteiger partial charge in [-0.15, -0.1) is 0 Å². The van der Waals surface area contributed by atoms with Crippen molar-refractivity contribution in [2.75, 3.05) is 19.0 Å². The number of carbonyl (C=O) groups excluding carboxylic acids is 2. The highest BCUT2D eigenvalue weighted by molar-refractivity contribution is 9.09. The van der Waals surface area contributed by atoms with Crippen LogP contribution in [0.4, 0.5) is 0 Å². The minimum absolute atomic E-state index is 0.0984. The monoisotopic (exact) mass is 472 g/mol. The highest BCUT2D eigenvalue weighted by Crippen LogP contribution is 2.23. The molecule has 0 bridgehead atoms. The van der Waals surface area contributed by atoms with Gasteiger partial charge in [-0.1, -0.05) is 47.0 Å². The van der Waals surface area contributed by atoms with E-state index in [1.807, 2.05) is 24.3 Å². The van der Waals surface area contributed by atoms with Crippen LogP contribution in [0.3, 0.4) is 0 Å². The van der Waals surface area contributed by atoms with Gasteiger partial charge in [0.15, 0.2) is 5.43 Å².